The van der Waals surface area contributed by atoms with Crippen molar-refractivity contribution in [1.29, 1.82) is 0 Å². The third kappa shape index (κ3) is 40.7. The summed E-state index contributed by atoms with van der Waals surface area (Å²) in [6.45, 7) is 8.10. The first kappa shape index (κ1) is 103. The number of carboxylic acids is 4. The molecule has 0 aromatic carbocycles. The molecule has 654 valence electrons. The third-order valence-corrected chi connectivity index (χ3v) is 18.4. The Morgan fingerprint density at radius 2 is 0.879 bits per heavy atom. The van der Waals surface area contributed by atoms with Gasteiger partial charge in [0.05, 0.1) is 32.2 Å². The van der Waals surface area contributed by atoms with Crippen molar-refractivity contribution >= 4 is 136 Å². The predicted molar refractivity (Wildman–Crippen MR) is 416 cm³/mol. The quantitative estimate of drug-likeness (QED) is 0.0153. The molecule has 1 aliphatic rings. The summed E-state index contributed by atoms with van der Waals surface area (Å²) in [6.07, 6.45) is -2.84. The van der Waals surface area contributed by atoms with Crippen molar-refractivity contribution < 1.29 is 117 Å². The number of carbonyl (C=O) groups excluding carboxylic acids is 15. The van der Waals surface area contributed by atoms with Gasteiger partial charge in [-0.1, -0.05) is 48.0 Å². The minimum absolute atomic E-state index is 0.0153. The van der Waals surface area contributed by atoms with E-state index in [0.717, 1.165) is 4.90 Å². The first-order valence-corrected chi connectivity index (χ1v) is 39.1. The summed E-state index contributed by atoms with van der Waals surface area (Å²) in [7, 11) is 0. The Morgan fingerprint density at radius 1 is 0.466 bits per heavy atom. The van der Waals surface area contributed by atoms with Gasteiger partial charge in [-0.2, -0.15) is 11.8 Å². The van der Waals surface area contributed by atoms with Gasteiger partial charge in [-0.15, -0.1) is 0 Å². The molecule has 1 aliphatic heterocycles. The van der Waals surface area contributed by atoms with Gasteiger partial charge in [-0.25, -0.2) is 4.79 Å². The van der Waals surface area contributed by atoms with Crippen LogP contribution in [0, 0.1) is 17.8 Å². The van der Waals surface area contributed by atoms with E-state index in [1.807, 2.05) is 13.8 Å². The van der Waals surface area contributed by atoms with Crippen molar-refractivity contribution in [1.82, 2.24) is 74.0 Å². The molecule has 0 spiro atoms. The number of carboxylic acid groups (broad SMARTS) is 4. The molecule has 0 aromatic heterocycles. The Labute approximate surface area is 673 Å². The molecule has 0 bridgehead atoms. The number of aliphatic imine (C=N–C) groups is 2. The van der Waals surface area contributed by atoms with E-state index in [1.54, 1.807) is 34.0 Å². The van der Waals surface area contributed by atoms with Crippen molar-refractivity contribution in [2.24, 2.45) is 62.1 Å². The summed E-state index contributed by atoms with van der Waals surface area (Å²) in [5.41, 5.74) is 33.2. The second-order valence-corrected chi connectivity index (χ2v) is 29.4. The van der Waals surface area contributed by atoms with Gasteiger partial charge in [0.1, 0.15) is 72.5 Å². The maximum absolute atomic E-state index is 14.3. The van der Waals surface area contributed by atoms with Crippen LogP contribution in [0.5, 0.6) is 0 Å². The van der Waals surface area contributed by atoms with Crippen LogP contribution in [0.4, 0.5) is 0 Å². The number of likely N-dealkylation sites (tertiary alicyclic amines) is 1. The molecule has 30 N–H and O–H groups in total. The third-order valence-electron chi connectivity index (χ3n) is 17.7. The smallest absolute Gasteiger partial charge is 0.326 e. The number of amides is 15. The lowest BCUT2D eigenvalue weighted by atomic mass is 9.98. The van der Waals surface area contributed by atoms with E-state index < -0.39 is 261 Å². The fourth-order valence-electron chi connectivity index (χ4n) is 11.4. The predicted octanol–water partition coefficient (Wildman–Crippen LogP) is -8.56. The molecule has 0 radical (unpaired) electrons. The Hall–Kier alpha value is -11.3. The van der Waals surface area contributed by atoms with Crippen LogP contribution < -0.4 is 104 Å². The normalized spacial score (nSPS) is 15.7. The number of primary amides is 1. The summed E-state index contributed by atoms with van der Waals surface area (Å²) >= 11 is 1.35. The van der Waals surface area contributed by atoms with E-state index >= 15 is 0 Å². The zero-order chi connectivity index (χ0) is 88.2. The highest BCUT2D eigenvalue weighted by Gasteiger charge is 2.41. The van der Waals surface area contributed by atoms with Gasteiger partial charge in [-0.05, 0) is 114 Å². The van der Waals surface area contributed by atoms with Crippen LogP contribution in [-0.4, -0.2) is 285 Å². The number of hydrogen-bond donors (Lipinski definition) is 24. The minimum Gasteiger partial charge on any atom is -0.481 e. The van der Waals surface area contributed by atoms with E-state index in [2.05, 4.69) is 79.1 Å². The maximum Gasteiger partial charge on any atom is 0.326 e. The van der Waals surface area contributed by atoms with Gasteiger partial charge in [0.2, 0.25) is 88.6 Å². The number of aliphatic carboxylic acids is 4. The lowest BCUT2D eigenvalue weighted by molar-refractivity contribution is -0.144. The first-order valence-electron chi connectivity index (χ1n) is 37.7. The van der Waals surface area contributed by atoms with E-state index in [4.69, 9.17) is 34.4 Å². The van der Waals surface area contributed by atoms with Gasteiger partial charge < -0.3 is 134 Å². The van der Waals surface area contributed by atoms with E-state index in [9.17, 15) is 117 Å². The molecular weight excluding hydrogens is 1550 g/mol. The fourth-order valence-corrected chi connectivity index (χ4v) is 11.9. The standard InChI is InChI=1S/C69H118N22O24S/c1-9-35(6)54(67(114)115)90-63(110)40(16-19-48(71)93)81-49(94)30-78-55(102)36(7)80-58(105)38(13-10-23-76-68(72)73)87-65(112)47-15-12-25-91(47)66(113)46(32-92)82-50(95)31-79-57(104)45(29-53(100)101)89-61(108)42(18-21-52(98)99)86-64(111)44(28-34(4)5)88-60(107)41(17-20-51(96)97)85-59(106)39(14-11-24-77-69(74)75)84-62(109)43(22-26-116-8)83-56(103)37(70)27-33(2)3/h33-47,54,92H,9-32,70H2,1-8H3,(H2,71,93)(H,78,102)(H,79,104)(H,80,105)(H,81,94)(H,82,95)(H,83,103)(H,84,109)(H,85,106)(H,86,111)(H,87,112)(H,88,107)(H,89,108)(H,90,110)(H,96,97)(H,98,99)(H,100,101)(H,114,115)(H4,72,73,76)(H4,74,75,77)/t35-,36-,37-,38-,39-,40-,41-,42-,43-,44-,45-,46-,47-,54-/m0/s1. The average molecular weight is 1670 g/mol. The topological polar surface area (TPSA) is 766 Å². The van der Waals surface area contributed by atoms with E-state index in [-0.39, 0.29) is 102 Å². The number of nitrogens with one attached hydrogen (secondary N) is 13. The fraction of sp³-hybridized carbons (Fsp3) is 0.696. The molecule has 1 rings (SSSR count). The molecule has 14 atom stereocenters. The minimum atomic E-state index is -2.11. The molecule has 1 heterocycles. The molecule has 46 nitrogen and oxygen atoms in total. The lowest BCUT2D eigenvalue weighted by Crippen LogP contribution is -2.60. The molecule has 0 unspecified atom stereocenters. The monoisotopic (exact) mass is 1670 g/mol. The highest BCUT2D eigenvalue weighted by molar-refractivity contribution is 7.98. The van der Waals surface area contributed by atoms with Crippen LogP contribution in [-0.2, 0) is 91.1 Å². The van der Waals surface area contributed by atoms with Crippen LogP contribution in [0.3, 0.4) is 0 Å². The Kier molecular flexibility index (Phi) is 47.6. The molecule has 0 aromatic rings. The Morgan fingerprint density at radius 3 is 1.33 bits per heavy atom. The second-order valence-electron chi connectivity index (χ2n) is 28.4. The zero-order valence-corrected chi connectivity index (χ0v) is 67.2. The summed E-state index contributed by atoms with van der Waals surface area (Å²) in [5.74, 6) is -22.7. The van der Waals surface area contributed by atoms with Crippen LogP contribution in [0.25, 0.3) is 0 Å². The molecule has 47 heteroatoms. The van der Waals surface area contributed by atoms with Crippen LogP contribution in [0.15, 0.2) is 9.98 Å². The molecule has 1 fully saturated rings. The van der Waals surface area contributed by atoms with Gasteiger partial charge in [0, 0.05) is 38.9 Å². The SMILES string of the molecule is CC[C@H](C)[C@H](NC(=O)[C@H](CCC(N)=O)NC(=O)CNC(=O)[C@H](C)NC(=O)[C@H](CCCN=C(N)N)NC(=O)[C@@H]1CCCN1C(=O)[C@H](CO)NC(=O)CNC(=O)[C@H](CC(=O)O)NC(=O)[C@H](CCC(=O)O)NC(=O)[C@H](CC(C)C)NC(=O)[C@H](CCC(=O)O)NC(=O)[C@H](CCCN=C(N)N)NC(=O)[C@H](CCSC)NC(=O)[C@@H](N)CC(C)C)C(=O)O. The van der Waals surface area contributed by atoms with Crippen LogP contribution >= 0.6 is 11.8 Å². The van der Waals surface area contributed by atoms with E-state index in [0.29, 0.717) is 12.2 Å². The van der Waals surface area contributed by atoms with Gasteiger partial charge in [0.15, 0.2) is 11.9 Å². The van der Waals surface area contributed by atoms with Crippen LogP contribution in [0.2, 0.25) is 0 Å². The Bertz CT molecular complexity index is 3470. The number of guanidine groups is 2. The van der Waals surface area contributed by atoms with Crippen molar-refractivity contribution in [2.45, 2.75) is 236 Å². The number of aliphatic hydroxyl groups excluding tert-OH is 1. The van der Waals surface area contributed by atoms with Crippen molar-refractivity contribution in [3.8, 4) is 0 Å². The van der Waals surface area contributed by atoms with Gasteiger partial charge in [-0.3, -0.25) is 96.3 Å². The molecule has 0 saturated carbocycles. The second kappa shape index (κ2) is 53.7. The summed E-state index contributed by atoms with van der Waals surface area (Å²) in [5, 5.41) is 79.9. The van der Waals surface area contributed by atoms with Crippen LogP contribution in [0.1, 0.15) is 158 Å². The van der Waals surface area contributed by atoms with Crippen molar-refractivity contribution in [3.63, 3.8) is 0 Å². The number of nitrogens with two attached hydrogens (primary N) is 6. The summed E-state index contributed by atoms with van der Waals surface area (Å²) in [4.78, 5) is 261. The van der Waals surface area contributed by atoms with Crippen molar-refractivity contribution in [3.05, 3.63) is 0 Å². The number of hydrogen-bond acceptors (Lipinski definition) is 24. The van der Waals surface area contributed by atoms with Crippen molar-refractivity contribution in [2.75, 3.05) is 51.3 Å². The summed E-state index contributed by atoms with van der Waals surface area (Å²) in [6, 6.07) is -20.1. The number of thioether (sulfide) groups is 1. The maximum atomic E-state index is 14.3. The number of carbonyl (C=O) groups is 19. The van der Waals surface area contributed by atoms with Gasteiger partial charge >= 0.3 is 23.9 Å². The Balaban J connectivity index is 3.43. The number of rotatable bonds is 57. The highest BCUT2D eigenvalue weighted by atomic mass is 32.2. The lowest BCUT2D eigenvalue weighted by Gasteiger charge is -2.29. The molecule has 1 saturated heterocycles. The molecular formula is C69H118N22O24S. The van der Waals surface area contributed by atoms with E-state index in [1.165, 1.54) is 18.7 Å². The first-order chi connectivity index (χ1) is 54.3. The molecule has 15 amide bonds. The largest absolute Gasteiger partial charge is 0.481 e. The number of aliphatic hydroxyl groups is 1. The summed E-state index contributed by atoms with van der Waals surface area (Å²) < 4.78 is 0. The highest BCUT2D eigenvalue weighted by Crippen LogP contribution is 2.20. The molecule has 116 heavy (non-hydrogen) atoms. The average Bonchev–Trinajstić information content (AvgIpc) is 1.65. The molecule has 0 aliphatic carbocycles. The zero-order valence-electron chi connectivity index (χ0n) is 66.4. The number of nitrogens with zero attached hydrogens (tertiary/aromatic N) is 3. The van der Waals surface area contributed by atoms with Gasteiger partial charge in [0.25, 0.3) is 0 Å².